The first-order valence-electron chi connectivity index (χ1n) is 33.9. The van der Waals surface area contributed by atoms with E-state index in [4.69, 9.17) is 18.9 Å². The van der Waals surface area contributed by atoms with Crippen molar-refractivity contribution < 1.29 is 42.9 Å². The Morgan fingerprint density at radius 1 is 0.345 bits per heavy atom. The normalized spacial score (nSPS) is 13.9. The first-order valence-corrected chi connectivity index (χ1v) is 33.9. The molecule has 9 nitrogen and oxygen atoms in total. The van der Waals surface area contributed by atoms with E-state index in [9.17, 15) is 19.5 Å². The summed E-state index contributed by atoms with van der Waals surface area (Å²) in [5.74, 6) is -2.10. The molecule has 0 rings (SSSR count). The molecule has 0 fully saturated rings. The summed E-state index contributed by atoms with van der Waals surface area (Å²) in [6.45, 7) is 4.56. The molecule has 2 atom stereocenters. The number of carboxylic acids is 1. The third kappa shape index (κ3) is 67.8. The van der Waals surface area contributed by atoms with E-state index in [0.717, 1.165) is 122 Å². The van der Waals surface area contributed by atoms with Crippen LogP contribution in [0, 0.1) is 0 Å². The molecule has 0 saturated carbocycles. The molecule has 0 aromatic carbocycles. The predicted octanol–water partition coefficient (Wildman–Crippen LogP) is 21.2. The van der Waals surface area contributed by atoms with Crippen LogP contribution in [-0.4, -0.2) is 87.4 Å². The van der Waals surface area contributed by atoms with E-state index >= 15 is 0 Å². The zero-order valence-electron chi connectivity index (χ0n) is 55.6. The molecule has 0 aromatic rings. The van der Waals surface area contributed by atoms with Gasteiger partial charge in [0.15, 0.2) is 6.10 Å². The Labute approximate surface area is 532 Å². The molecule has 0 aromatic heterocycles. The lowest BCUT2D eigenvalue weighted by molar-refractivity contribution is -0.870. The summed E-state index contributed by atoms with van der Waals surface area (Å²) in [5.41, 5.74) is 0. The second-order valence-corrected chi connectivity index (χ2v) is 23.0. The lowest BCUT2D eigenvalue weighted by atomic mass is 10.0. The topological polar surface area (TPSA) is 108 Å². The van der Waals surface area contributed by atoms with Gasteiger partial charge in [0.25, 0.3) is 6.29 Å². The van der Waals surface area contributed by atoms with Gasteiger partial charge in [0, 0.05) is 12.8 Å². The number of likely N-dealkylation sites (N-methyl/N-ethyl adjacent to an activating group) is 1. The van der Waals surface area contributed by atoms with Gasteiger partial charge in [-0.2, -0.15) is 0 Å². The van der Waals surface area contributed by atoms with Gasteiger partial charge in [0.2, 0.25) is 0 Å². The molecule has 0 spiro atoms. The summed E-state index contributed by atoms with van der Waals surface area (Å²) in [6.07, 6.45) is 98.6. The van der Waals surface area contributed by atoms with Gasteiger partial charge in [-0.05, 0) is 128 Å². The molecule has 1 N–H and O–H groups in total. The van der Waals surface area contributed by atoms with Crippen LogP contribution in [0.25, 0.3) is 0 Å². The number of rotatable bonds is 60. The standard InChI is InChI=1S/C78H123NO8/c1-6-8-10-12-14-16-18-20-22-24-26-28-30-31-32-33-34-35-36-37-38-39-40-41-42-43-44-45-47-49-51-53-55-57-59-61-63-65-67-69-76(81)87-74(73-86-78(77(82)83)84-71-70-79(3,4)5)72-85-75(80)68-66-64-62-60-58-56-54-52-50-48-46-29-27-25-23-21-19-17-15-13-11-9-7-2/h8-11,14-17,20-23,26-29,31-32,34-35,37-38,40-41,48,50,54,56,60,62,74,78H,6-7,12-13,18-19,24-25,30,33,36,39,42-47,49,51-53,55,57-59,61,63-73H2,1-5H3/p+1/b10-8-,11-9-,16-14-,17-15-,22-20-,23-21-,28-26-,29-27-,32-31-,35-34-,38-37-,41-40-,50-48-,56-54-,62-60-. The maximum Gasteiger partial charge on any atom is 0.361 e. The van der Waals surface area contributed by atoms with Crippen molar-refractivity contribution in [3.8, 4) is 0 Å². The van der Waals surface area contributed by atoms with Crippen LogP contribution in [0.2, 0.25) is 0 Å². The molecule has 0 aliphatic heterocycles. The fraction of sp³-hybridized carbons (Fsp3) is 0.577. The number of carboxylic acid groups (broad SMARTS) is 1. The van der Waals surface area contributed by atoms with E-state index in [1.165, 1.54) is 70.6 Å². The lowest BCUT2D eigenvalue weighted by Crippen LogP contribution is -2.40. The zero-order chi connectivity index (χ0) is 63.3. The van der Waals surface area contributed by atoms with Crippen molar-refractivity contribution in [2.45, 2.75) is 245 Å². The van der Waals surface area contributed by atoms with Gasteiger partial charge < -0.3 is 28.5 Å². The maximum absolute atomic E-state index is 12.9. The number of nitrogens with zero attached hydrogens (tertiary/aromatic N) is 1. The second kappa shape index (κ2) is 66.3. The first-order chi connectivity index (χ1) is 42.6. The van der Waals surface area contributed by atoms with Gasteiger partial charge in [0.1, 0.15) is 13.2 Å². The van der Waals surface area contributed by atoms with Gasteiger partial charge >= 0.3 is 17.9 Å². The Morgan fingerprint density at radius 2 is 0.632 bits per heavy atom. The Hall–Kier alpha value is -5.61. The van der Waals surface area contributed by atoms with Crippen LogP contribution >= 0.6 is 0 Å². The van der Waals surface area contributed by atoms with Crippen molar-refractivity contribution in [2.24, 2.45) is 0 Å². The van der Waals surface area contributed by atoms with Crippen molar-refractivity contribution in [1.82, 2.24) is 0 Å². The molecule has 0 amide bonds. The highest BCUT2D eigenvalue weighted by Gasteiger charge is 2.25. The van der Waals surface area contributed by atoms with Gasteiger partial charge in [-0.1, -0.05) is 273 Å². The second-order valence-electron chi connectivity index (χ2n) is 23.0. The van der Waals surface area contributed by atoms with Crippen molar-refractivity contribution in [3.63, 3.8) is 0 Å². The molecular weight excluding hydrogens is 1080 g/mol. The molecule has 0 aliphatic rings. The van der Waals surface area contributed by atoms with E-state index in [2.05, 4.69) is 196 Å². The van der Waals surface area contributed by atoms with Crippen LogP contribution in [0.15, 0.2) is 182 Å². The average molecular weight is 1200 g/mol. The molecule has 488 valence electrons. The fourth-order valence-electron chi connectivity index (χ4n) is 8.55. The minimum atomic E-state index is -1.54. The average Bonchev–Trinajstić information content (AvgIpc) is 3.55. The minimum Gasteiger partial charge on any atom is -0.477 e. The Morgan fingerprint density at radius 3 is 0.954 bits per heavy atom. The number of carbonyl (C=O) groups is 3. The van der Waals surface area contributed by atoms with E-state index < -0.39 is 30.3 Å². The summed E-state index contributed by atoms with van der Waals surface area (Å²) < 4.78 is 22.9. The smallest absolute Gasteiger partial charge is 0.361 e. The molecule has 0 radical (unpaired) electrons. The monoisotopic (exact) mass is 1200 g/mol. The Bertz CT molecular complexity index is 2080. The van der Waals surface area contributed by atoms with Gasteiger partial charge in [-0.3, -0.25) is 9.59 Å². The number of unbranched alkanes of at least 4 members (excludes halogenated alkanes) is 15. The van der Waals surface area contributed by atoms with Crippen molar-refractivity contribution >= 4 is 17.9 Å². The lowest BCUT2D eigenvalue weighted by Gasteiger charge is -2.25. The van der Waals surface area contributed by atoms with Crippen LogP contribution in [0.3, 0.4) is 0 Å². The maximum atomic E-state index is 12.9. The van der Waals surface area contributed by atoms with Crippen LogP contribution < -0.4 is 0 Å². The van der Waals surface area contributed by atoms with Gasteiger partial charge in [-0.15, -0.1) is 0 Å². The highest BCUT2D eigenvalue weighted by atomic mass is 16.7. The van der Waals surface area contributed by atoms with Crippen molar-refractivity contribution in [3.05, 3.63) is 182 Å². The highest BCUT2D eigenvalue weighted by molar-refractivity contribution is 5.71. The number of allylic oxidation sites excluding steroid dienone is 30. The van der Waals surface area contributed by atoms with Crippen LogP contribution in [0.5, 0.6) is 0 Å². The third-order valence-corrected chi connectivity index (χ3v) is 13.7. The molecule has 9 heteroatoms. The van der Waals surface area contributed by atoms with Crippen LogP contribution in [0.4, 0.5) is 0 Å². The number of hydrogen-bond acceptors (Lipinski definition) is 7. The summed E-state index contributed by atoms with van der Waals surface area (Å²) >= 11 is 0. The van der Waals surface area contributed by atoms with Crippen molar-refractivity contribution in [1.29, 1.82) is 0 Å². The summed E-state index contributed by atoms with van der Waals surface area (Å²) in [7, 11) is 5.94. The number of quaternary nitrogens is 1. The van der Waals surface area contributed by atoms with E-state index in [1.807, 2.05) is 21.1 Å². The van der Waals surface area contributed by atoms with E-state index in [-0.39, 0.29) is 32.7 Å². The summed E-state index contributed by atoms with van der Waals surface area (Å²) in [6, 6.07) is 0. The fourth-order valence-corrected chi connectivity index (χ4v) is 8.55. The number of aliphatic carboxylic acids is 1. The van der Waals surface area contributed by atoms with Crippen molar-refractivity contribution in [2.75, 3.05) is 47.5 Å². The largest absolute Gasteiger partial charge is 0.477 e. The molecule has 87 heavy (non-hydrogen) atoms. The molecular formula is C78H124NO8+. The highest BCUT2D eigenvalue weighted by Crippen LogP contribution is 2.15. The minimum absolute atomic E-state index is 0.169. The van der Waals surface area contributed by atoms with E-state index in [0.29, 0.717) is 23.9 Å². The molecule has 0 bridgehead atoms. The number of ether oxygens (including phenoxy) is 4. The Kier molecular flexibility index (Phi) is 62.1. The van der Waals surface area contributed by atoms with E-state index in [1.54, 1.807) is 0 Å². The van der Waals surface area contributed by atoms with Crippen LogP contribution in [0.1, 0.15) is 232 Å². The Balaban J connectivity index is 4.21. The molecule has 0 saturated heterocycles. The SMILES string of the molecule is CC/C=C\C/C=C\C/C=C\C/C=C\C/C=C\C/C=C\C/C=C\C/C=C\CCCCCCCCCCCCCCCCC(=O)OC(COC(=O)CCC/C=C\C/C=C\C/C=C\C/C=C\C/C=C\C/C=C\C/C=C\CC)COC(OCC[N+](C)(C)C)C(=O)O. The summed E-state index contributed by atoms with van der Waals surface area (Å²) in [4.78, 5) is 37.5. The quantitative estimate of drug-likeness (QED) is 0.0211. The van der Waals surface area contributed by atoms with Crippen LogP contribution in [-0.2, 0) is 33.3 Å². The number of hydrogen-bond donors (Lipinski definition) is 1. The molecule has 2 unspecified atom stereocenters. The third-order valence-electron chi connectivity index (χ3n) is 13.7. The number of esters is 2. The first kappa shape index (κ1) is 81.4. The summed E-state index contributed by atoms with van der Waals surface area (Å²) in [5, 5.41) is 9.73. The zero-order valence-corrected chi connectivity index (χ0v) is 55.6. The number of carbonyl (C=O) groups excluding carboxylic acids is 2. The predicted molar refractivity (Wildman–Crippen MR) is 372 cm³/mol. The van der Waals surface area contributed by atoms with Gasteiger partial charge in [-0.25, -0.2) is 4.79 Å². The molecule has 0 heterocycles. The van der Waals surface area contributed by atoms with Gasteiger partial charge in [0.05, 0.1) is 34.4 Å². The molecule has 0 aliphatic carbocycles.